The van der Waals surface area contributed by atoms with Crippen LogP contribution < -0.4 is 11.1 Å². The molecule has 1 amide bonds. The number of carbonyl (C=O) groups excluding carboxylic acids is 1. The Morgan fingerprint density at radius 3 is 2.95 bits per heavy atom. The SMILES string of the molecule is CC(C/C(N)=N/O)NC(=O)c1ccnc2ccccc12. The van der Waals surface area contributed by atoms with Crippen LogP contribution in [-0.4, -0.2) is 28.0 Å². The molecule has 104 valence electrons. The van der Waals surface area contributed by atoms with Crippen molar-refractivity contribution in [2.45, 2.75) is 19.4 Å². The Morgan fingerprint density at radius 1 is 1.45 bits per heavy atom. The Morgan fingerprint density at radius 2 is 2.20 bits per heavy atom. The number of hydrogen-bond donors (Lipinski definition) is 3. The van der Waals surface area contributed by atoms with Crippen LogP contribution in [0.1, 0.15) is 23.7 Å². The van der Waals surface area contributed by atoms with Gasteiger partial charge in [-0.25, -0.2) is 0 Å². The van der Waals surface area contributed by atoms with E-state index in [-0.39, 0.29) is 24.2 Å². The molecule has 1 heterocycles. The molecule has 0 fully saturated rings. The molecule has 0 spiro atoms. The van der Waals surface area contributed by atoms with Crippen LogP contribution in [0.25, 0.3) is 10.9 Å². The molecule has 20 heavy (non-hydrogen) atoms. The van der Waals surface area contributed by atoms with E-state index in [1.807, 2.05) is 24.3 Å². The monoisotopic (exact) mass is 272 g/mol. The third kappa shape index (κ3) is 3.03. The van der Waals surface area contributed by atoms with Gasteiger partial charge in [-0.3, -0.25) is 9.78 Å². The van der Waals surface area contributed by atoms with Crippen LogP contribution in [0.3, 0.4) is 0 Å². The summed E-state index contributed by atoms with van der Waals surface area (Å²) >= 11 is 0. The van der Waals surface area contributed by atoms with Gasteiger partial charge in [-0.05, 0) is 19.1 Å². The smallest absolute Gasteiger partial charge is 0.252 e. The summed E-state index contributed by atoms with van der Waals surface area (Å²) < 4.78 is 0. The lowest BCUT2D eigenvalue weighted by molar-refractivity contribution is 0.0942. The van der Waals surface area contributed by atoms with Crippen LogP contribution in [0.4, 0.5) is 0 Å². The third-order valence-corrected chi connectivity index (χ3v) is 2.91. The van der Waals surface area contributed by atoms with Crippen LogP contribution in [0, 0.1) is 0 Å². The molecule has 0 radical (unpaired) electrons. The standard InChI is InChI=1S/C14H16N4O2/c1-9(8-13(15)18-20)17-14(19)11-6-7-16-12-5-3-2-4-10(11)12/h2-7,9,20H,8H2,1H3,(H2,15,18)(H,17,19). The Bertz CT molecular complexity index is 649. The molecule has 4 N–H and O–H groups in total. The minimum Gasteiger partial charge on any atom is -0.409 e. The van der Waals surface area contributed by atoms with Crippen LogP contribution in [-0.2, 0) is 0 Å². The number of carbonyl (C=O) groups is 1. The van der Waals surface area contributed by atoms with Gasteiger partial charge in [0, 0.05) is 24.0 Å². The second-order valence-electron chi connectivity index (χ2n) is 4.55. The average Bonchev–Trinajstić information content (AvgIpc) is 2.46. The summed E-state index contributed by atoms with van der Waals surface area (Å²) in [6, 6.07) is 8.88. The Hall–Kier alpha value is -2.63. The first-order chi connectivity index (χ1) is 9.61. The molecule has 2 rings (SSSR count). The Labute approximate surface area is 116 Å². The number of aromatic nitrogens is 1. The van der Waals surface area contributed by atoms with Crippen LogP contribution in [0.5, 0.6) is 0 Å². The van der Waals surface area contributed by atoms with E-state index in [4.69, 9.17) is 10.9 Å². The molecule has 6 heteroatoms. The number of fused-ring (bicyclic) bond motifs is 1. The molecule has 1 aromatic carbocycles. The number of nitrogens with zero attached hydrogens (tertiary/aromatic N) is 2. The first-order valence-corrected chi connectivity index (χ1v) is 6.23. The molecule has 1 atom stereocenters. The number of oxime groups is 1. The predicted octanol–water partition coefficient (Wildman–Crippen LogP) is 1.49. The maximum absolute atomic E-state index is 12.3. The minimum atomic E-state index is -0.231. The normalized spacial score (nSPS) is 13.2. The quantitative estimate of drug-likeness (QED) is 0.340. The number of benzene rings is 1. The molecule has 0 saturated carbocycles. The molecule has 0 aliphatic heterocycles. The number of rotatable bonds is 4. The van der Waals surface area contributed by atoms with Crippen molar-refractivity contribution in [3.8, 4) is 0 Å². The van der Waals surface area contributed by atoms with Gasteiger partial charge < -0.3 is 16.3 Å². The van der Waals surface area contributed by atoms with Crippen molar-refractivity contribution >= 4 is 22.6 Å². The number of nitrogens with two attached hydrogens (primary N) is 1. The van der Waals surface area contributed by atoms with Gasteiger partial charge in [0.15, 0.2) is 0 Å². The molecule has 0 aliphatic rings. The maximum atomic E-state index is 12.3. The topological polar surface area (TPSA) is 101 Å². The number of amides is 1. The second-order valence-corrected chi connectivity index (χ2v) is 4.55. The summed E-state index contributed by atoms with van der Waals surface area (Å²) in [6.45, 7) is 1.79. The molecule has 1 unspecified atom stereocenters. The van der Waals surface area contributed by atoms with Gasteiger partial charge in [0.1, 0.15) is 5.84 Å². The highest BCUT2D eigenvalue weighted by atomic mass is 16.4. The van der Waals surface area contributed by atoms with Crippen molar-refractivity contribution in [3.05, 3.63) is 42.1 Å². The van der Waals surface area contributed by atoms with Crippen LogP contribution >= 0.6 is 0 Å². The summed E-state index contributed by atoms with van der Waals surface area (Å²) in [5, 5.41) is 15.0. The summed E-state index contributed by atoms with van der Waals surface area (Å²) in [5.41, 5.74) is 6.74. The molecule has 2 aromatic rings. The molecular formula is C14H16N4O2. The van der Waals surface area contributed by atoms with Gasteiger partial charge in [0.05, 0.1) is 11.1 Å². The fourth-order valence-corrected chi connectivity index (χ4v) is 2.00. The molecule has 1 aromatic heterocycles. The number of para-hydroxylation sites is 1. The lowest BCUT2D eigenvalue weighted by atomic mass is 10.1. The number of amidine groups is 1. The Kier molecular flexibility index (Phi) is 4.14. The number of pyridine rings is 1. The average molecular weight is 272 g/mol. The molecule has 0 aliphatic carbocycles. The highest BCUT2D eigenvalue weighted by Crippen LogP contribution is 2.16. The first-order valence-electron chi connectivity index (χ1n) is 6.23. The lowest BCUT2D eigenvalue weighted by Crippen LogP contribution is -2.35. The van der Waals surface area contributed by atoms with E-state index in [9.17, 15) is 4.79 Å². The van der Waals surface area contributed by atoms with Crippen molar-refractivity contribution in [3.63, 3.8) is 0 Å². The zero-order valence-electron chi connectivity index (χ0n) is 11.1. The molecule has 0 bridgehead atoms. The van der Waals surface area contributed by atoms with Gasteiger partial charge in [-0.2, -0.15) is 0 Å². The lowest BCUT2D eigenvalue weighted by Gasteiger charge is -2.13. The summed E-state index contributed by atoms with van der Waals surface area (Å²) in [5.74, 6) is -0.126. The summed E-state index contributed by atoms with van der Waals surface area (Å²) in [4.78, 5) is 16.5. The maximum Gasteiger partial charge on any atom is 0.252 e. The van der Waals surface area contributed by atoms with Gasteiger partial charge in [-0.15, -0.1) is 0 Å². The fraction of sp³-hybridized carbons (Fsp3) is 0.214. The first kappa shape index (κ1) is 13.8. The van der Waals surface area contributed by atoms with E-state index < -0.39 is 0 Å². The third-order valence-electron chi connectivity index (χ3n) is 2.91. The van der Waals surface area contributed by atoms with E-state index in [1.165, 1.54) is 0 Å². The van der Waals surface area contributed by atoms with E-state index in [0.29, 0.717) is 5.56 Å². The van der Waals surface area contributed by atoms with E-state index >= 15 is 0 Å². The number of nitrogens with one attached hydrogen (secondary N) is 1. The van der Waals surface area contributed by atoms with Crippen LogP contribution in [0.15, 0.2) is 41.7 Å². The highest BCUT2D eigenvalue weighted by Gasteiger charge is 2.13. The van der Waals surface area contributed by atoms with E-state index in [2.05, 4.69) is 15.5 Å². The van der Waals surface area contributed by atoms with Crippen molar-refractivity contribution in [1.29, 1.82) is 0 Å². The Balaban J connectivity index is 2.20. The van der Waals surface area contributed by atoms with Gasteiger partial charge in [-0.1, -0.05) is 23.4 Å². The summed E-state index contributed by atoms with van der Waals surface area (Å²) in [6.07, 6.45) is 1.89. The molecular weight excluding hydrogens is 256 g/mol. The van der Waals surface area contributed by atoms with Crippen molar-refractivity contribution in [2.24, 2.45) is 10.9 Å². The van der Waals surface area contributed by atoms with E-state index in [0.717, 1.165) is 10.9 Å². The van der Waals surface area contributed by atoms with Gasteiger partial charge in [0.25, 0.3) is 5.91 Å². The molecule has 0 saturated heterocycles. The zero-order valence-corrected chi connectivity index (χ0v) is 11.1. The number of hydrogen-bond acceptors (Lipinski definition) is 4. The minimum absolute atomic E-state index is 0.0809. The largest absolute Gasteiger partial charge is 0.409 e. The van der Waals surface area contributed by atoms with Gasteiger partial charge in [0.2, 0.25) is 0 Å². The summed E-state index contributed by atoms with van der Waals surface area (Å²) in [7, 11) is 0. The second kappa shape index (κ2) is 6.01. The zero-order chi connectivity index (χ0) is 14.5. The van der Waals surface area contributed by atoms with Crippen molar-refractivity contribution in [1.82, 2.24) is 10.3 Å². The fourth-order valence-electron chi connectivity index (χ4n) is 2.00. The van der Waals surface area contributed by atoms with Crippen molar-refractivity contribution < 1.29 is 10.0 Å². The highest BCUT2D eigenvalue weighted by molar-refractivity contribution is 6.06. The van der Waals surface area contributed by atoms with Gasteiger partial charge >= 0.3 is 0 Å². The van der Waals surface area contributed by atoms with E-state index in [1.54, 1.807) is 19.2 Å². The van der Waals surface area contributed by atoms with Crippen molar-refractivity contribution in [2.75, 3.05) is 0 Å². The molecule has 6 nitrogen and oxygen atoms in total. The predicted molar refractivity (Wildman–Crippen MR) is 76.7 cm³/mol. The van der Waals surface area contributed by atoms with Crippen LogP contribution in [0.2, 0.25) is 0 Å².